The molecule has 3 aliphatic heterocycles. The Morgan fingerprint density at radius 2 is 1.92 bits per heavy atom. The number of amides is 3. The van der Waals surface area contributed by atoms with Crippen molar-refractivity contribution in [1.29, 1.82) is 0 Å². The minimum absolute atomic E-state index is 0.0635. The van der Waals surface area contributed by atoms with E-state index in [-0.39, 0.29) is 60.4 Å². The Bertz CT molecular complexity index is 1050. The van der Waals surface area contributed by atoms with Crippen molar-refractivity contribution in [1.82, 2.24) is 25.0 Å². The van der Waals surface area contributed by atoms with Gasteiger partial charge in [0, 0.05) is 51.9 Å². The molecule has 0 aromatic carbocycles. The number of rotatable bonds is 3. The second kappa shape index (κ2) is 11.8. The van der Waals surface area contributed by atoms with Gasteiger partial charge in [0.25, 0.3) is 5.91 Å². The Labute approximate surface area is 231 Å². The first-order valence-electron chi connectivity index (χ1n) is 14.5. The maximum absolute atomic E-state index is 13.4. The number of hydrogen-bond acceptors (Lipinski definition) is 7. The van der Waals surface area contributed by atoms with Crippen LogP contribution in [0.4, 0.5) is 0 Å². The van der Waals surface area contributed by atoms with Gasteiger partial charge in [-0.25, -0.2) is 4.98 Å². The lowest BCUT2D eigenvalue weighted by molar-refractivity contribution is -0.149. The summed E-state index contributed by atoms with van der Waals surface area (Å²) in [7, 11) is 0. The van der Waals surface area contributed by atoms with Gasteiger partial charge in [0.2, 0.25) is 17.7 Å². The number of likely N-dealkylation sites (tertiary alicyclic amines) is 1. The Kier molecular flexibility index (Phi) is 8.42. The zero-order valence-corrected chi connectivity index (χ0v) is 23.6. The number of carbonyl (C=O) groups excluding carboxylic acids is 3. The zero-order chi connectivity index (χ0) is 27.6. The Morgan fingerprint density at radius 1 is 1.13 bits per heavy atom. The average Bonchev–Trinajstić information content (AvgIpc) is 3.54. The highest BCUT2D eigenvalue weighted by atomic mass is 16.5. The van der Waals surface area contributed by atoms with E-state index in [4.69, 9.17) is 9.47 Å². The van der Waals surface area contributed by atoms with E-state index in [1.54, 1.807) is 23.2 Å². The van der Waals surface area contributed by atoms with Crippen molar-refractivity contribution >= 4 is 17.7 Å². The van der Waals surface area contributed by atoms with Gasteiger partial charge in [-0.15, -0.1) is 0 Å². The van der Waals surface area contributed by atoms with Gasteiger partial charge in [0.15, 0.2) is 0 Å². The summed E-state index contributed by atoms with van der Waals surface area (Å²) < 4.78 is 12.3. The molecule has 214 valence electrons. The highest BCUT2D eigenvalue weighted by Gasteiger charge is 2.39. The number of aromatic nitrogens is 1. The van der Waals surface area contributed by atoms with Gasteiger partial charge in [-0.2, -0.15) is 0 Å². The Morgan fingerprint density at radius 3 is 2.69 bits per heavy atom. The molecule has 10 nitrogen and oxygen atoms in total. The molecule has 3 fully saturated rings. The molecule has 39 heavy (non-hydrogen) atoms. The quantitative estimate of drug-likeness (QED) is 0.624. The molecule has 1 saturated carbocycles. The highest BCUT2D eigenvalue weighted by Crippen LogP contribution is 2.28. The van der Waals surface area contributed by atoms with Gasteiger partial charge < -0.3 is 24.6 Å². The molecule has 1 N–H and O–H groups in total. The van der Waals surface area contributed by atoms with Crippen LogP contribution in [0.3, 0.4) is 0 Å². The summed E-state index contributed by atoms with van der Waals surface area (Å²) in [6.07, 6.45) is 6.81. The van der Waals surface area contributed by atoms with E-state index < -0.39 is 0 Å². The summed E-state index contributed by atoms with van der Waals surface area (Å²) >= 11 is 0. The summed E-state index contributed by atoms with van der Waals surface area (Å²) in [5.74, 6) is 0.614. The molecule has 3 amide bonds. The van der Waals surface area contributed by atoms with Crippen LogP contribution >= 0.6 is 0 Å². The monoisotopic (exact) mass is 541 g/mol. The molecule has 0 bridgehead atoms. The molecule has 0 radical (unpaired) electrons. The molecule has 1 aromatic heterocycles. The molecule has 0 unspecified atom stereocenters. The molecule has 3 atom stereocenters. The number of nitrogens with zero attached hydrogens (tertiary/aromatic N) is 4. The maximum atomic E-state index is 13.4. The predicted molar refractivity (Wildman–Crippen MR) is 145 cm³/mol. The van der Waals surface area contributed by atoms with Gasteiger partial charge in [-0.05, 0) is 36.3 Å². The molecule has 0 spiro atoms. The smallest absolute Gasteiger partial charge is 0.257 e. The van der Waals surface area contributed by atoms with E-state index in [1.165, 1.54) is 25.7 Å². The predicted octanol–water partition coefficient (Wildman–Crippen LogP) is 1.94. The maximum Gasteiger partial charge on any atom is 0.257 e. The van der Waals surface area contributed by atoms with Crippen molar-refractivity contribution in [3.63, 3.8) is 0 Å². The number of carbonyl (C=O) groups is 3. The molecule has 10 heteroatoms. The minimum atomic E-state index is -0.365. The van der Waals surface area contributed by atoms with Gasteiger partial charge in [-0.1, -0.05) is 33.6 Å². The third kappa shape index (κ3) is 6.90. The van der Waals surface area contributed by atoms with Crippen LogP contribution in [-0.2, 0) is 14.3 Å². The van der Waals surface area contributed by atoms with E-state index in [1.807, 2.05) is 25.7 Å². The Balaban J connectivity index is 1.35. The molecule has 5 rings (SSSR count). The number of piperazine rings is 1. The number of fused-ring (bicyclic) bond motifs is 3. The van der Waals surface area contributed by atoms with Gasteiger partial charge in [0.05, 0.1) is 18.2 Å². The average molecular weight is 542 g/mol. The van der Waals surface area contributed by atoms with E-state index in [9.17, 15) is 14.4 Å². The number of hydrogen-bond donors (Lipinski definition) is 1. The molecule has 4 heterocycles. The number of pyridine rings is 1. The molecule has 1 aromatic rings. The van der Waals surface area contributed by atoms with E-state index in [0.29, 0.717) is 50.6 Å². The van der Waals surface area contributed by atoms with Crippen LogP contribution < -0.4 is 10.1 Å². The van der Waals surface area contributed by atoms with Gasteiger partial charge >= 0.3 is 0 Å². The topological polar surface area (TPSA) is 104 Å². The molecule has 2 saturated heterocycles. The lowest BCUT2D eigenvalue weighted by atomic mass is 9.91. The van der Waals surface area contributed by atoms with E-state index >= 15 is 0 Å². The number of ether oxygens (including phenoxy) is 2. The van der Waals surface area contributed by atoms with E-state index in [2.05, 4.69) is 15.2 Å². The lowest BCUT2D eigenvalue weighted by Gasteiger charge is -2.42. The fourth-order valence-corrected chi connectivity index (χ4v) is 6.35. The largest absolute Gasteiger partial charge is 0.475 e. The first-order valence-corrected chi connectivity index (χ1v) is 14.5. The van der Waals surface area contributed by atoms with Crippen LogP contribution in [0.1, 0.15) is 63.2 Å². The third-order valence-corrected chi connectivity index (χ3v) is 8.34. The molecular weight excluding hydrogens is 498 g/mol. The standard InChI is InChI=1S/C29H43N5O5/c1-29(2,3)13-25(35)33-11-12-34-21(15-33)18-39-28-22(9-6-10-30-28)27(37)31-23-16-32(14-20-7-4-5-8-20)17-24(23)38-19-26(34)36/h6,9-10,20-21,23-24H,4-5,7-8,11-19H2,1-3H3,(H,31,37)/t21-,23+,24-/m0/s1. The van der Waals surface area contributed by atoms with Crippen LogP contribution in [0.5, 0.6) is 5.88 Å². The lowest BCUT2D eigenvalue weighted by Crippen LogP contribution is -2.59. The molecule has 4 aliphatic rings. The van der Waals surface area contributed by atoms with Crippen LogP contribution in [0.2, 0.25) is 0 Å². The highest BCUT2D eigenvalue weighted by molar-refractivity contribution is 5.96. The molecular formula is C29H43N5O5. The van der Waals surface area contributed by atoms with Crippen LogP contribution in [0.15, 0.2) is 18.3 Å². The summed E-state index contributed by atoms with van der Waals surface area (Å²) in [6, 6.07) is 2.83. The van der Waals surface area contributed by atoms with Crippen molar-refractivity contribution < 1.29 is 23.9 Å². The van der Waals surface area contributed by atoms with Crippen molar-refractivity contribution in [3.05, 3.63) is 23.9 Å². The fraction of sp³-hybridized carbons (Fsp3) is 0.724. The van der Waals surface area contributed by atoms with Crippen LogP contribution in [0, 0.1) is 11.3 Å². The van der Waals surface area contributed by atoms with E-state index in [0.717, 1.165) is 6.54 Å². The van der Waals surface area contributed by atoms with Crippen molar-refractivity contribution in [2.75, 3.05) is 52.5 Å². The van der Waals surface area contributed by atoms with Gasteiger partial charge in [-0.3, -0.25) is 19.3 Å². The second-order valence-corrected chi connectivity index (χ2v) is 12.8. The van der Waals surface area contributed by atoms with Crippen molar-refractivity contribution in [2.45, 2.75) is 71.1 Å². The first kappa shape index (κ1) is 27.8. The zero-order valence-electron chi connectivity index (χ0n) is 23.6. The van der Waals surface area contributed by atoms with Crippen molar-refractivity contribution in [2.24, 2.45) is 11.3 Å². The Hall–Kier alpha value is -2.72. The van der Waals surface area contributed by atoms with Gasteiger partial charge in [0.1, 0.15) is 18.8 Å². The van der Waals surface area contributed by atoms with Crippen LogP contribution in [-0.4, -0.2) is 108 Å². The van der Waals surface area contributed by atoms with Crippen LogP contribution in [0.25, 0.3) is 0 Å². The van der Waals surface area contributed by atoms with Crippen molar-refractivity contribution in [3.8, 4) is 5.88 Å². The SMILES string of the molecule is CC(C)(C)CC(=O)N1CCN2C(=O)CO[C@H]3CN(CC4CCCC4)C[C@H]3NC(=O)c3cccnc3OC[C@@H]2C1. The number of nitrogens with one attached hydrogen (secondary N) is 1. The minimum Gasteiger partial charge on any atom is -0.475 e. The second-order valence-electron chi connectivity index (χ2n) is 12.8. The first-order chi connectivity index (χ1) is 18.7. The summed E-state index contributed by atoms with van der Waals surface area (Å²) in [6.45, 7) is 9.83. The normalized spacial score (nSPS) is 27.4. The summed E-state index contributed by atoms with van der Waals surface area (Å²) in [5.41, 5.74) is 0.234. The third-order valence-electron chi connectivity index (χ3n) is 8.34. The summed E-state index contributed by atoms with van der Waals surface area (Å²) in [5, 5.41) is 3.15. The summed E-state index contributed by atoms with van der Waals surface area (Å²) in [4.78, 5) is 50.1. The molecule has 1 aliphatic carbocycles. The fourth-order valence-electron chi connectivity index (χ4n) is 6.35.